The summed E-state index contributed by atoms with van der Waals surface area (Å²) in [7, 11) is -0.499. The average Bonchev–Trinajstić information content (AvgIpc) is 2.50. The lowest BCUT2D eigenvalue weighted by atomic mass is 9.80. The van der Waals surface area contributed by atoms with E-state index in [0.29, 0.717) is 0 Å². The molecule has 0 saturated carbocycles. The van der Waals surface area contributed by atoms with Gasteiger partial charge in [0.2, 0.25) is 0 Å². The van der Waals surface area contributed by atoms with Gasteiger partial charge in [0.05, 0.1) is 23.9 Å². The van der Waals surface area contributed by atoms with E-state index in [1.54, 1.807) is 19.2 Å². The van der Waals surface area contributed by atoms with Crippen molar-refractivity contribution >= 4 is 12.6 Å². The van der Waals surface area contributed by atoms with Gasteiger partial charge < -0.3 is 19.0 Å². The van der Waals surface area contributed by atoms with E-state index in [2.05, 4.69) is 0 Å². The highest BCUT2D eigenvalue weighted by Crippen LogP contribution is 2.36. The molecule has 1 unspecified atom stereocenters. The van der Waals surface area contributed by atoms with Crippen LogP contribution in [0.15, 0.2) is 23.1 Å². The van der Waals surface area contributed by atoms with Gasteiger partial charge in [0, 0.05) is 12.3 Å². The highest BCUT2D eigenvalue weighted by atomic mass is 16.7. The summed E-state index contributed by atoms with van der Waals surface area (Å²) in [5, 5.41) is 9.43. The standard InChI is InChI=1S/C14H22BNO4/c1-10(17)8-16-9-11(6-7-12(16)18)15-19-13(2,3)14(4,5)20-15/h6-7,9-10,17H,8H2,1-5H3. The Bertz CT molecular complexity index is 534. The Kier molecular flexibility index (Phi) is 3.84. The molecule has 0 aromatic carbocycles. The molecule has 0 spiro atoms. The molecule has 1 N–H and O–H groups in total. The van der Waals surface area contributed by atoms with Crippen molar-refractivity contribution in [3.05, 3.63) is 28.7 Å². The van der Waals surface area contributed by atoms with Gasteiger partial charge in [-0.05, 0) is 40.1 Å². The van der Waals surface area contributed by atoms with Crippen LogP contribution in [-0.2, 0) is 15.9 Å². The van der Waals surface area contributed by atoms with Crippen molar-refractivity contribution in [1.82, 2.24) is 4.57 Å². The van der Waals surface area contributed by atoms with Crippen LogP contribution in [0.1, 0.15) is 34.6 Å². The number of hydrogen-bond acceptors (Lipinski definition) is 4. The minimum atomic E-state index is -0.582. The molecule has 1 aromatic rings. The van der Waals surface area contributed by atoms with Crippen molar-refractivity contribution in [2.75, 3.05) is 0 Å². The van der Waals surface area contributed by atoms with Gasteiger partial charge >= 0.3 is 7.12 Å². The summed E-state index contributed by atoms with van der Waals surface area (Å²) in [5.74, 6) is 0. The van der Waals surface area contributed by atoms with Crippen LogP contribution in [0.3, 0.4) is 0 Å². The highest BCUT2D eigenvalue weighted by Gasteiger charge is 2.51. The fourth-order valence-corrected chi connectivity index (χ4v) is 2.10. The minimum Gasteiger partial charge on any atom is -0.399 e. The summed E-state index contributed by atoms with van der Waals surface area (Å²) in [4.78, 5) is 11.7. The molecule has 1 aromatic heterocycles. The van der Waals surface area contributed by atoms with Crippen molar-refractivity contribution in [3.63, 3.8) is 0 Å². The maximum absolute atomic E-state index is 11.7. The van der Waals surface area contributed by atoms with Gasteiger partial charge in [-0.2, -0.15) is 0 Å². The van der Waals surface area contributed by atoms with Gasteiger partial charge in [0.1, 0.15) is 0 Å². The monoisotopic (exact) mass is 279 g/mol. The molecule has 1 aliphatic heterocycles. The number of nitrogens with zero attached hydrogens (tertiary/aromatic N) is 1. The SMILES string of the molecule is CC(O)Cn1cc(B2OC(C)(C)C(C)(C)O2)ccc1=O. The average molecular weight is 279 g/mol. The van der Waals surface area contributed by atoms with E-state index in [9.17, 15) is 9.90 Å². The zero-order valence-electron chi connectivity index (χ0n) is 12.7. The third-order valence-electron chi connectivity index (χ3n) is 3.99. The first-order valence-corrected chi connectivity index (χ1v) is 6.86. The first-order chi connectivity index (χ1) is 9.12. The molecule has 6 heteroatoms. The third kappa shape index (κ3) is 2.82. The van der Waals surface area contributed by atoms with Gasteiger partial charge in [-0.1, -0.05) is 6.07 Å². The van der Waals surface area contributed by atoms with Crippen molar-refractivity contribution in [3.8, 4) is 0 Å². The molecular formula is C14H22BNO4. The molecule has 110 valence electrons. The van der Waals surface area contributed by atoms with Crippen molar-refractivity contribution in [1.29, 1.82) is 0 Å². The molecule has 1 fully saturated rings. The second kappa shape index (κ2) is 5.02. The van der Waals surface area contributed by atoms with Crippen LogP contribution in [0.25, 0.3) is 0 Å². The molecule has 2 rings (SSSR count). The maximum atomic E-state index is 11.7. The lowest BCUT2D eigenvalue weighted by Gasteiger charge is -2.32. The normalized spacial score (nSPS) is 22.0. The van der Waals surface area contributed by atoms with Crippen LogP contribution in [0.2, 0.25) is 0 Å². The topological polar surface area (TPSA) is 60.7 Å². The predicted molar refractivity (Wildman–Crippen MR) is 78.1 cm³/mol. The molecule has 1 saturated heterocycles. The zero-order chi connectivity index (χ0) is 15.1. The summed E-state index contributed by atoms with van der Waals surface area (Å²) < 4.78 is 13.4. The van der Waals surface area contributed by atoms with E-state index < -0.39 is 24.4 Å². The van der Waals surface area contributed by atoms with Gasteiger partial charge in [-0.15, -0.1) is 0 Å². The Morgan fingerprint density at radius 3 is 2.30 bits per heavy atom. The van der Waals surface area contributed by atoms with Crippen LogP contribution in [0, 0.1) is 0 Å². The molecule has 0 amide bonds. The summed E-state index contributed by atoms with van der Waals surface area (Å²) in [6, 6.07) is 3.19. The van der Waals surface area contributed by atoms with Gasteiger partial charge in [-0.25, -0.2) is 0 Å². The Balaban J connectivity index is 2.29. The second-order valence-corrected chi connectivity index (χ2v) is 6.39. The second-order valence-electron chi connectivity index (χ2n) is 6.39. The fraction of sp³-hybridized carbons (Fsp3) is 0.643. The van der Waals surface area contributed by atoms with Crippen molar-refractivity contribution in [2.24, 2.45) is 0 Å². The number of hydrogen-bond donors (Lipinski definition) is 1. The van der Waals surface area contributed by atoms with Gasteiger partial charge in [0.15, 0.2) is 0 Å². The first kappa shape index (κ1) is 15.3. The molecule has 0 bridgehead atoms. The predicted octanol–water partition coefficient (Wildman–Crippen LogP) is 0.528. The Morgan fingerprint density at radius 1 is 1.25 bits per heavy atom. The Labute approximate surface area is 119 Å². The first-order valence-electron chi connectivity index (χ1n) is 6.86. The fourth-order valence-electron chi connectivity index (χ4n) is 2.10. The summed E-state index contributed by atoms with van der Waals surface area (Å²) >= 11 is 0. The Hall–Kier alpha value is -1.11. The molecule has 0 radical (unpaired) electrons. The van der Waals surface area contributed by atoms with Crippen LogP contribution in [0.4, 0.5) is 0 Å². The lowest BCUT2D eigenvalue weighted by Crippen LogP contribution is -2.41. The molecule has 20 heavy (non-hydrogen) atoms. The zero-order valence-corrected chi connectivity index (χ0v) is 12.7. The van der Waals surface area contributed by atoms with Crippen molar-refractivity contribution < 1.29 is 14.4 Å². The molecule has 2 heterocycles. The highest BCUT2D eigenvalue weighted by molar-refractivity contribution is 6.62. The summed E-state index contributed by atoms with van der Waals surface area (Å²) in [6.07, 6.45) is 1.11. The lowest BCUT2D eigenvalue weighted by molar-refractivity contribution is 0.00578. The van der Waals surface area contributed by atoms with E-state index >= 15 is 0 Å². The number of rotatable bonds is 3. The largest absolute Gasteiger partial charge is 0.496 e. The summed E-state index contributed by atoms with van der Waals surface area (Å²) in [5.41, 5.74) is -0.193. The number of pyridine rings is 1. The van der Waals surface area contributed by atoms with E-state index in [1.807, 2.05) is 27.7 Å². The molecule has 5 nitrogen and oxygen atoms in total. The van der Waals surface area contributed by atoms with Gasteiger partial charge in [0.25, 0.3) is 5.56 Å². The Morgan fingerprint density at radius 2 is 1.80 bits per heavy atom. The van der Waals surface area contributed by atoms with Crippen LogP contribution >= 0.6 is 0 Å². The van der Waals surface area contributed by atoms with E-state index in [-0.39, 0.29) is 12.1 Å². The molecule has 1 aliphatic rings. The van der Waals surface area contributed by atoms with Crippen molar-refractivity contribution in [2.45, 2.75) is 58.5 Å². The van der Waals surface area contributed by atoms with E-state index in [0.717, 1.165) is 5.46 Å². The smallest absolute Gasteiger partial charge is 0.399 e. The number of aliphatic hydroxyl groups excluding tert-OH is 1. The van der Waals surface area contributed by atoms with Gasteiger partial charge in [-0.3, -0.25) is 4.79 Å². The number of aliphatic hydroxyl groups is 1. The van der Waals surface area contributed by atoms with Crippen LogP contribution in [-0.4, -0.2) is 34.1 Å². The quantitative estimate of drug-likeness (QED) is 0.820. The van der Waals surface area contributed by atoms with E-state index in [4.69, 9.17) is 9.31 Å². The summed E-state index contributed by atoms with van der Waals surface area (Å²) in [6.45, 7) is 9.84. The van der Waals surface area contributed by atoms with Crippen LogP contribution < -0.4 is 11.0 Å². The minimum absolute atomic E-state index is 0.147. The molecule has 1 atom stereocenters. The maximum Gasteiger partial charge on any atom is 0.496 e. The molecular weight excluding hydrogens is 257 g/mol. The van der Waals surface area contributed by atoms with E-state index in [1.165, 1.54) is 10.6 Å². The number of aromatic nitrogens is 1. The third-order valence-corrected chi connectivity index (χ3v) is 3.99. The molecule has 0 aliphatic carbocycles. The van der Waals surface area contributed by atoms with Crippen LogP contribution in [0.5, 0.6) is 0 Å².